The van der Waals surface area contributed by atoms with Gasteiger partial charge in [0.2, 0.25) is 0 Å². The van der Waals surface area contributed by atoms with E-state index in [0.717, 1.165) is 26.4 Å². The molecule has 4 rings (SSSR count). The lowest BCUT2D eigenvalue weighted by Gasteiger charge is -2.31. The van der Waals surface area contributed by atoms with Crippen LogP contribution in [0.5, 0.6) is 0 Å². The largest absolute Gasteiger partial charge is 0.393 e. The van der Waals surface area contributed by atoms with Crippen molar-refractivity contribution >= 4 is 28.7 Å². The minimum absolute atomic E-state index is 0.143. The van der Waals surface area contributed by atoms with Crippen molar-refractivity contribution in [2.75, 3.05) is 6.61 Å². The summed E-state index contributed by atoms with van der Waals surface area (Å²) in [6.45, 7) is -0.464. The molecule has 3 aromatic rings. The molecule has 30 heavy (non-hydrogen) atoms. The molecule has 0 amide bonds. The van der Waals surface area contributed by atoms with E-state index in [1.807, 2.05) is 24.3 Å². The van der Waals surface area contributed by atoms with Crippen LogP contribution in [0, 0.1) is 5.82 Å². The van der Waals surface area contributed by atoms with Crippen LogP contribution in [0.3, 0.4) is 0 Å². The first-order valence-electron chi connectivity index (χ1n) is 9.55. The summed E-state index contributed by atoms with van der Waals surface area (Å²) < 4.78 is 18.8. The highest BCUT2D eigenvalue weighted by Gasteiger charge is 2.36. The van der Waals surface area contributed by atoms with E-state index in [1.54, 1.807) is 29.5 Å². The van der Waals surface area contributed by atoms with Gasteiger partial charge in [-0.25, -0.2) is 4.39 Å². The Hall–Kier alpha value is -2.09. The molecule has 1 fully saturated rings. The average Bonchev–Trinajstić information content (AvgIpc) is 3.20. The zero-order valence-corrected chi connectivity index (χ0v) is 17.5. The van der Waals surface area contributed by atoms with Gasteiger partial charge in [0.15, 0.2) is 5.78 Å². The molecule has 0 radical (unpaired) electrons. The van der Waals surface area contributed by atoms with Crippen molar-refractivity contribution in [1.82, 2.24) is 0 Å². The van der Waals surface area contributed by atoms with Crippen molar-refractivity contribution in [2.45, 2.75) is 31.2 Å². The normalized spacial score (nSPS) is 21.7. The van der Waals surface area contributed by atoms with Crippen LogP contribution in [0.25, 0.3) is 10.4 Å². The number of ether oxygens (including phenoxy) is 1. The minimum atomic E-state index is -1.16. The molecule has 1 aromatic heterocycles. The third-order valence-corrected chi connectivity index (χ3v) is 6.68. The second kappa shape index (κ2) is 8.96. The smallest absolute Gasteiger partial charge is 0.192 e. The Kier molecular flexibility index (Phi) is 6.32. The summed E-state index contributed by atoms with van der Waals surface area (Å²) in [6, 6.07) is 15.9. The van der Waals surface area contributed by atoms with Gasteiger partial charge in [0.05, 0.1) is 12.7 Å². The maximum atomic E-state index is 13.2. The van der Waals surface area contributed by atoms with Gasteiger partial charge in [0, 0.05) is 27.6 Å². The molecule has 2 aromatic carbocycles. The Balaban J connectivity index is 1.54. The van der Waals surface area contributed by atoms with Crippen LogP contribution >= 0.6 is 22.9 Å². The van der Waals surface area contributed by atoms with Gasteiger partial charge in [0.1, 0.15) is 18.0 Å². The second-order valence-electron chi connectivity index (χ2n) is 7.25. The molecule has 1 aliphatic rings. The van der Waals surface area contributed by atoms with E-state index in [-0.39, 0.29) is 12.2 Å². The SMILES string of the molecule is O=C1C(O)C[C@H](c2ccc(Cl)c(Cc3ccc(-c4ccc(F)cc4)s3)c2)O[C@@H]1CO. The molecule has 1 unspecified atom stereocenters. The van der Waals surface area contributed by atoms with E-state index in [9.17, 15) is 19.4 Å². The van der Waals surface area contributed by atoms with Crippen LogP contribution in [0.15, 0.2) is 54.6 Å². The molecule has 0 saturated carbocycles. The Labute approximate surface area is 182 Å². The molecule has 156 valence electrons. The topological polar surface area (TPSA) is 66.8 Å². The van der Waals surface area contributed by atoms with Gasteiger partial charge in [-0.1, -0.05) is 35.9 Å². The molecule has 2 N–H and O–H groups in total. The number of aliphatic hydroxyl groups is 2. The van der Waals surface area contributed by atoms with Crippen LogP contribution in [0.4, 0.5) is 4.39 Å². The standard InChI is InChI=1S/C23H20ClFO4S/c24-18-7-3-14(20-11-19(27)23(28)21(12-26)29-20)9-15(18)10-17-6-8-22(30-17)13-1-4-16(25)5-2-13/h1-9,19-21,26-27H,10-12H2/t19?,20-,21-/m1/s1. The van der Waals surface area contributed by atoms with Crippen molar-refractivity contribution < 1.29 is 24.1 Å². The van der Waals surface area contributed by atoms with Gasteiger partial charge in [-0.3, -0.25) is 4.79 Å². The van der Waals surface area contributed by atoms with Crippen LogP contribution in [-0.4, -0.2) is 34.8 Å². The molecule has 3 atom stereocenters. The van der Waals surface area contributed by atoms with Crippen molar-refractivity contribution in [3.05, 3.63) is 81.4 Å². The maximum Gasteiger partial charge on any atom is 0.192 e. The molecular formula is C23H20ClFO4S. The van der Waals surface area contributed by atoms with Gasteiger partial charge < -0.3 is 14.9 Å². The summed E-state index contributed by atoms with van der Waals surface area (Å²) in [4.78, 5) is 14.0. The van der Waals surface area contributed by atoms with E-state index in [1.165, 1.54) is 12.1 Å². The Morgan fingerprint density at radius 2 is 1.90 bits per heavy atom. The highest BCUT2D eigenvalue weighted by atomic mass is 35.5. The first-order chi connectivity index (χ1) is 14.4. The predicted octanol–water partition coefficient (Wildman–Crippen LogP) is 4.55. The minimum Gasteiger partial charge on any atom is -0.393 e. The number of Topliss-reactive ketones (excluding diaryl/α,β-unsaturated/α-hetero) is 1. The summed E-state index contributed by atoms with van der Waals surface area (Å²) in [5.41, 5.74) is 2.66. The number of aliphatic hydroxyl groups excluding tert-OH is 2. The van der Waals surface area contributed by atoms with Gasteiger partial charge in [0.25, 0.3) is 0 Å². The first-order valence-corrected chi connectivity index (χ1v) is 10.7. The lowest BCUT2D eigenvalue weighted by atomic mass is 9.94. The summed E-state index contributed by atoms with van der Waals surface area (Å²) in [5, 5.41) is 20.0. The average molecular weight is 447 g/mol. The third-order valence-electron chi connectivity index (χ3n) is 5.17. The highest BCUT2D eigenvalue weighted by molar-refractivity contribution is 7.15. The van der Waals surface area contributed by atoms with E-state index in [2.05, 4.69) is 0 Å². The molecular weight excluding hydrogens is 427 g/mol. The fourth-order valence-electron chi connectivity index (χ4n) is 3.56. The maximum absolute atomic E-state index is 13.2. The number of carbonyl (C=O) groups is 1. The number of halogens is 2. The lowest BCUT2D eigenvalue weighted by Crippen LogP contribution is -2.43. The zero-order chi connectivity index (χ0) is 21.3. The van der Waals surface area contributed by atoms with E-state index in [4.69, 9.17) is 16.3 Å². The molecule has 2 heterocycles. The van der Waals surface area contributed by atoms with Gasteiger partial charge in [-0.05, 0) is 47.0 Å². The second-order valence-corrected chi connectivity index (χ2v) is 8.83. The summed E-state index contributed by atoms with van der Waals surface area (Å²) >= 11 is 8.02. The molecule has 1 aliphatic heterocycles. The molecule has 0 spiro atoms. The molecule has 0 aliphatic carbocycles. The van der Waals surface area contributed by atoms with Crippen molar-refractivity contribution in [2.24, 2.45) is 0 Å². The number of ketones is 1. The summed E-state index contributed by atoms with van der Waals surface area (Å²) in [5.74, 6) is -0.755. The molecule has 4 nitrogen and oxygen atoms in total. The van der Waals surface area contributed by atoms with Gasteiger partial charge >= 0.3 is 0 Å². The molecule has 0 bridgehead atoms. The quantitative estimate of drug-likeness (QED) is 0.603. The Bertz CT molecular complexity index is 1050. The summed E-state index contributed by atoms with van der Waals surface area (Å²) in [6.07, 6.45) is -1.92. The van der Waals surface area contributed by atoms with Crippen LogP contribution in [0.1, 0.15) is 28.5 Å². The zero-order valence-electron chi connectivity index (χ0n) is 15.9. The van der Waals surface area contributed by atoms with Crippen LogP contribution in [-0.2, 0) is 16.0 Å². The van der Waals surface area contributed by atoms with E-state index in [0.29, 0.717) is 11.4 Å². The number of carbonyl (C=O) groups excluding carboxylic acids is 1. The number of rotatable bonds is 5. The van der Waals surface area contributed by atoms with Gasteiger partial charge in [-0.15, -0.1) is 11.3 Å². The number of thiophene rings is 1. The summed E-state index contributed by atoms with van der Waals surface area (Å²) in [7, 11) is 0. The monoisotopic (exact) mass is 446 g/mol. The van der Waals surface area contributed by atoms with Crippen LogP contribution < -0.4 is 0 Å². The highest BCUT2D eigenvalue weighted by Crippen LogP contribution is 2.34. The Morgan fingerprint density at radius 1 is 1.13 bits per heavy atom. The fourth-order valence-corrected chi connectivity index (χ4v) is 4.78. The van der Waals surface area contributed by atoms with Gasteiger partial charge in [-0.2, -0.15) is 0 Å². The number of hydrogen-bond acceptors (Lipinski definition) is 5. The molecule has 1 saturated heterocycles. The van der Waals surface area contributed by atoms with Crippen molar-refractivity contribution in [1.29, 1.82) is 0 Å². The van der Waals surface area contributed by atoms with E-state index >= 15 is 0 Å². The first kappa shape index (κ1) is 21.2. The van der Waals surface area contributed by atoms with E-state index < -0.39 is 30.7 Å². The predicted molar refractivity (Wildman–Crippen MR) is 114 cm³/mol. The van der Waals surface area contributed by atoms with Crippen LogP contribution in [0.2, 0.25) is 5.02 Å². The molecule has 7 heteroatoms. The fraction of sp³-hybridized carbons (Fsp3) is 0.261. The lowest BCUT2D eigenvalue weighted by molar-refractivity contribution is -0.161. The third kappa shape index (κ3) is 4.48. The Morgan fingerprint density at radius 3 is 2.63 bits per heavy atom. The number of hydrogen-bond donors (Lipinski definition) is 2. The van der Waals surface area contributed by atoms with Crippen molar-refractivity contribution in [3.63, 3.8) is 0 Å². The van der Waals surface area contributed by atoms with Crippen molar-refractivity contribution in [3.8, 4) is 10.4 Å². The number of benzene rings is 2.